The molecular formula is C52H52FN9O2. The summed E-state index contributed by atoms with van der Waals surface area (Å²) in [6.07, 6.45) is 15.0. The van der Waals surface area contributed by atoms with E-state index in [2.05, 4.69) is 147 Å². The summed E-state index contributed by atoms with van der Waals surface area (Å²) in [6.45, 7) is 11.4. The first-order valence-corrected chi connectivity index (χ1v) is 22.1. The fraction of sp³-hybridized carbons (Fsp3) is 0.250. The van der Waals surface area contributed by atoms with E-state index in [1.807, 2.05) is 28.9 Å². The number of nitrogens with zero attached hydrogens (tertiary/aromatic N) is 9. The van der Waals surface area contributed by atoms with Crippen LogP contribution in [0.3, 0.4) is 0 Å². The average molecular weight is 854 g/mol. The Bertz CT molecular complexity index is 3000. The number of aryl methyl sites for hydroxylation is 2. The second-order valence-corrected chi connectivity index (χ2v) is 16.6. The van der Waals surface area contributed by atoms with Gasteiger partial charge in [-0.3, -0.25) is 0 Å². The zero-order valence-corrected chi connectivity index (χ0v) is 36.4. The number of halogens is 1. The number of fused-ring (bicyclic) bond motifs is 3. The fourth-order valence-electron chi connectivity index (χ4n) is 8.20. The monoisotopic (exact) mass is 853 g/mol. The van der Waals surface area contributed by atoms with Crippen LogP contribution in [0.15, 0.2) is 146 Å². The van der Waals surface area contributed by atoms with Crippen LogP contribution < -0.4 is 19.4 Å². The molecule has 12 rings (SSSR count). The third kappa shape index (κ3) is 9.00. The van der Waals surface area contributed by atoms with Gasteiger partial charge in [-0.1, -0.05) is 53.6 Å². The zero-order valence-electron chi connectivity index (χ0n) is 36.4. The summed E-state index contributed by atoms with van der Waals surface area (Å²) in [4.78, 5) is 21.3. The van der Waals surface area contributed by atoms with Crippen LogP contribution in [0.25, 0.3) is 50.7 Å². The Labute approximate surface area is 372 Å². The van der Waals surface area contributed by atoms with Gasteiger partial charge in [0.1, 0.15) is 22.7 Å². The predicted octanol–water partition coefficient (Wildman–Crippen LogP) is 10.2. The van der Waals surface area contributed by atoms with Crippen molar-refractivity contribution >= 4 is 34.0 Å². The van der Waals surface area contributed by atoms with E-state index in [1.165, 1.54) is 72.6 Å². The summed E-state index contributed by atoms with van der Waals surface area (Å²) >= 11 is 0. The first kappa shape index (κ1) is 40.9. The second kappa shape index (κ2) is 18.3. The minimum atomic E-state index is -0.821. The summed E-state index contributed by atoms with van der Waals surface area (Å²) < 4.78 is 28.6. The van der Waals surface area contributed by atoms with E-state index in [4.69, 9.17) is 24.4 Å². The van der Waals surface area contributed by atoms with Gasteiger partial charge >= 0.3 is 0 Å². The van der Waals surface area contributed by atoms with Crippen molar-refractivity contribution in [3.63, 3.8) is 0 Å². The quantitative estimate of drug-likeness (QED) is 0.150. The molecule has 0 bridgehead atoms. The molecule has 64 heavy (non-hydrogen) atoms. The average Bonchev–Trinajstić information content (AvgIpc) is 4.03. The van der Waals surface area contributed by atoms with E-state index in [1.54, 1.807) is 12.1 Å². The van der Waals surface area contributed by atoms with Crippen molar-refractivity contribution in [3.8, 4) is 39.5 Å². The number of benzene rings is 3. The lowest BCUT2D eigenvalue weighted by Crippen LogP contribution is -2.36. The van der Waals surface area contributed by atoms with Crippen molar-refractivity contribution < 1.29 is 13.9 Å². The number of pyridine rings is 3. The van der Waals surface area contributed by atoms with E-state index in [9.17, 15) is 4.39 Å². The number of morpholine rings is 1. The molecule has 0 spiro atoms. The summed E-state index contributed by atoms with van der Waals surface area (Å²) in [7, 11) is 0. The van der Waals surface area contributed by atoms with Gasteiger partial charge in [-0.15, -0.1) is 0 Å². The van der Waals surface area contributed by atoms with Gasteiger partial charge in [0.15, 0.2) is 0 Å². The Hall–Kier alpha value is -7.18. The minimum Gasteiger partial charge on any atom is -0.463 e. The summed E-state index contributed by atoms with van der Waals surface area (Å²) in [5.74, 6) is 0.514. The van der Waals surface area contributed by atoms with Gasteiger partial charge in [-0.05, 0) is 75.2 Å². The molecular weight excluding hydrogens is 802 g/mol. The number of imidazole rings is 3. The van der Waals surface area contributed by atoms with Crippen LogP contribution in [0.5, 0.6) is 5.75 Å². The molecule has 0 saturated carbocycles. The molecule has 0 unspecified atom stereocenters. The van der Waals surface area contributed by atoms with Gasteiger partial charge < -0.3 is 37.4 Å². The van der Waals surface area contributed by atoms with Crippen molar-refractivity contribution in [2.24, 2.45) is 0 Å². The standard InChI is InChI=1S/C18H18FN3O2.2C17H17N3/c19-13-24-16-3-1-14(2-4-16)17-12-22-6-5-15(11-18(22)20-17)21-7-9-23-10-8-21;1-13-3-5-14(6-4-13)16-12-20-10-7-15(11-17(20)18-16)19-8-2-9-19;1-13-4-2-5-14(10-13)16-12-20-9-6-15(11-17(20)18-16)19-7-3-8-19/h1-6,11-12H,7-10,13H2;3-7,10-12H,2,8-9H2,1H3;2,4-6,9-12H,3,7-8H2,1H3. The summed E-state index contributed by atoms with van der Waals surface area (Å²) in [6, 6.07) is 37.2. The largest absolute Gasteiger partial charge is 0.463 e. The molecule has 3 fully saturated rings. The van der Waals surface area contributed by atoms with E-state index < -0.39 is 6.86 Å². The third-order valence-corrected chi connectivity index (χ3v) is 12.2. The highest BCUT2D eigenvalue weighted by Gasteiger charge is 2.17. The van der Waals surface area contributed by atoms with Crippen LogP contribution in [0.4, 0.5) is 21.5 Å². The highest BCUT2D eigenvalue weighted by atomic mass is 19.1. The molecule has 3 aliphatic heterocycles. The Morgan fingerprint density at radius 1 is 0.500 bits per heavy atom. The molecule has 9 aromatic rings. The Morgan fingerprint density at radius 3 is 1.39 bits per heavy atom. The van der Waals surface area contributed by atoms with Gasteiger partial charge in [0.05, 0.1) is 30.3 Å². The molecule has 3 aromatic carbocycles. The van der Waals surface area contributed by atoms with Gasteiger partial charge in [0, 0.05) is 128 Å². The van der Waals surface area contributed by atoms with E-state index in [0.29, 0.717) is 5.75 Å². The lowest BCUT2D eigenvalue weighted by molar-refractivity contribution is 0.122. The first-order valence-electron chi connectivity index (χ1n) is 22.1. The maximum atomic E-state index is 12.2. The number of ether oxygens (including phenoxy) is 2. The van der Waals surface area contributed by atoms with E-state index in [-0.39, 0.29) is 0 Å². The normalized spacial score (nSPS) is 14.7. The van der Waals surface area contributed by atoms with E-state index in [0.717, 1.165) is 71.6 Å². The van der Waals surface area contributed by atoms with Crippen molar-refractivity contribution in [3.05, 3.63) is 158 Å². The Morgan fingerprint density at radius 2 is 0.953 bits per heavy atom. The molecule has 0 atom stereocenters. The maximum absolute atomic E-state index is 12.2. The van der Waals surface area contributed by atoms with Crippen LogP contribution in [-0.2, 0) is 4.74 Å². The highest BCUT2D eigenvalue weighted by molar-refractivity contribution is 5.68. The molecule has 9 heterocycles. The molecule has 6 aromatic heterocycles. The van der Waals surface area contributed by atoms with E-state index >= 15 is 0 Å². The number of hydrogen-bond acceptors (Lipinski definition) is 8. The molecule has 324 valence electrons. The molecule has 0 N–H and O–H groups in total. The molecule has 12 heteroatoms. The van der Waals surface area contributed by atoms with Gasteiger partial charge in [0.25, 0.3) is 0 Å². The smallest absolute Gasteiger partial charge is 0.228 e. The predicted molar refractivity (Wildman–Crippen MR) is 255 cm³/mol. The Balaban J connectivity index is 0.000000114. The van der Waals surface area contributed by atoms with Crippen molar-refractivity contribution in [2.75, 3.05) is 74.0 Å². The highest BCUT2D eigenvalue weighted by Crippen LogP contribution is 2.28. The van der Waals surface area contributed by atoms with Gasteiger partial charge in [-0.2, -0.15) is 0 Å². The van der Waals surface area contributed by atoms with Crippen molar-refractivity contribution in [1.29, 1.82) is 0 Å². The number of aromatic nitrogens is 6. The molecule has 0 radical (unpaired) electrons. The third-order valence-electron chi connectivity index (χ3n) is 12.2. The van der Waals surface area contributed by atoms with Crippen LogP contribution in [-0.4, -0.2) is 87.5 Å². The molecule has 3 saturated heterocycles. The number of anilines is 3. The van der Waals surface area contributed by atoms with Crippen LogP contribution in [0.1, 0.15) is 24.0 Å². The summed E-state index contributed by atoms with van der Waals surface area (Å²) in [5, 5.41) is 0. The maximum Gasteiger partial charge on any atom is 0.228 e. The lowest BCUT2D eigenvalue weighted by atomic mass is 10.1. The topological polar surface area (TPSA) is 80.1 Å². The second-order valence-electron chi connectivity index (χ2n) is 16.6. The number of hydrogen-bond donors (Lipinski definition) is 0. The van der Waals surface area contributed by atoms with Crippen LogP contribution in [0, 0.1) is 13.8 Å². The van der Waals surface area contributed by atoms with Gasteiger partial charge in [0.2, 0.25) is 6.86 Å². The molecule has 0 amide bonds. The minimum absolute atomic E-state index is 0.514. The first-order chi connectivity index (χ1) is 31.4. The molecule has 11 nitrogen and oxygen atoms in total. The van der Waals surface area contributed by atoms with Crippen LogP contribution in [0.2, 0.25) is 0 Å². The van der Waals surface area contributed by atoms with Gasteiger partial charge in [-0.25, -0.2) is 19.3 Å². The molecule has 0 aliphatic carbocycles. The zero-order chi connectivity index (χ0) is 43.4. The fourth-order valence-corrected chi connectivity index (χ4v) is 8.20. The van der Waals surface area contributed by atoms with Crippen LogP contribution >= 0.6 is 0 Å². The van der Waals surface area contributed by atoms with Crippen molar-refractivity contribution in [2.45, 2.75) is 26.7 Å². The van der Waals surface area contributed by atoms with Crippen molar-refractivity contribution in [1.82, 2.24) is 28.2 Å². The SMILES string of the molecule is Cc1ccc(-c2cn3ccc(N4CCC4)cc3n2)cc1.Cc1cccc(-c2cn3ccc(N4CCC4)cc3n2)c1.FCOc1ccc(-c2cn3ccc(N4CCOCC4)cc3n2)cc1. The number of rotatable bonds is 8. The summed E-state index contributed by atoms with van der Waals surface area (Å²) in [5.41, 5.74) is 15.5. The number of alkyl halides is 1. The Kier molecular flexibility index (Phi) is 11.7. The lowest BCUT2D eigenvalue weighted by Gasteiger charge is -2.33. The molecule has 3 aliphatic rings.